The van der Waals surface area contributed by atoms with Gasteiger partial charge in [0, 0.05) is 25.7 Å². The van der Waals surface area contributed by atoms with E-state index in [0.717, 1.165) is 26.2 Å². The lowest BCUT2D eigenvalue weighted by Gasteiger charge is -2.35. The fourth-order valence-electron chi connectivity index (χ4n) is 3.38. The first-order valence-corrected chi connectivity index (χ1v) is 8.04. The van der Waals surface area contributed by atoms with E-state index < -0.39 is 0 Å². The number of nitrogens with one attached hydrogen (secondary N) is 1. The highest BCUT2D eigenvalue weighted by Crippen LogP contribution is 2.22. The van der Waals surface area contributed by atoms with Gasteiger partial charge in [0.05, 0.1) is 12.7 Å². The zero-order valence-corrected chi connectivity index (χ0v) is 12.7. The number of nitrogens with zero attached hydrogens (tertiary/aromatic N) is 1. The van der Waals surface area contributed by atoms with E-state index in [1.807, 2.05) is 12.1 Å². The second kappa shape index (κ2) is 6.86. The summed E-state index contributed by atoms with van der Waals surface area (Å²) in [6, 6.07) is 7.47. The Balaban J connectivity index is 1.40. The smallest absolute Gasteiger partial charge is 0.123 e. The SMILES string of the molecule is C[C@H](CNC[C@H]1CN2CCC[C@H]2CO1)c1ccc(F)cc1. The third kappa shape index (κ3) is 3.82. The topological polar surface area (TPSA) is 24.5 Å². The van der Waals surface area contributed by atoms with Crippen LogP contribution in [0, 0.1) is 5.82 Å². The van der Waals surface area contributed by atoms with Crippen LogP contribution in [0.25, 0.3) is 0 Å². The van der Waals surface area contributed by atoms with Crippen molar-refractivity contribution in [3.63, 3.8) is 0 Å². The Kier molecular flexibility index (Phi) is 4.88. The first-order valence-electron chi connectivity index (χ1n) is 8.04. The average molecular weight is 292 g/mol. The van der Waals surface area contributed by atoms with Gasteiger partial charge in [-0.05, 0) is 43.0 Å². The maximum atomic E-state index is 12.9. The predicted molar refractivity (Wildman–Crippen MR) is 82.0 cm³/mol. The molecule has 2 heterocycles. The molecule has 0 radical (unpaired) electrons. The van der Waals surface area contributed by atoms with Gasteiger partial charge in [-0.2, -0.15) is 0 Å². The highest BCUT2D eigenvalue weighted by atomic mass is 19.1. The first-order chi connectivity index (χ1) is 10.2. The van der Waals surface area contributed by atoms with Crippen molar-refractivity contribution in [1.29, 1.82) is 0 Å². The van der Waals surface area contributed by atoms with Crippen LogP contribution in [0.3, 0.4) is 0 Å². The second-order valence-electron chi connectivity index (χ2n) is 6.36. The van der Waals surface area contributed by atoms with Gasteiger partial charge in [-0.25, -0.2) is 4.39 Å². The van der Waals surface area contributed by atoms with E-state index in [1.54, 1.807) is 0 Å². The van der Waals surface area contributed by atoms with Gasteiger partial charge in [0.2, 0.25) is 0 Å². The normalized spacial score (nSPS) is 27.5. The molecule has 0 aromatic heterocycles. The van der Waals surface area contributed by atoms with Crippen molar-refractivity contribution in [2.75, 3.05) is 32.8 Å². The van der Waals surface area contributed by atoms with E-state index >= 15 is 0 Å². The van der Waals surface area contributed by atoms with Gasteiger partial charge in [0.1, 0.15) is 5.82 Å². The molecular formula is C17H25FN2O. The first kappa shape index (κ1) is 14.9. The maximum Gasteiger partial charge on any atom is 0.123 e. The molecule has 3 nitrogen and oxygen atoms in total. The van der Waals surface area contributed by atoms with Crippen LogP contribution in [0.2, 0.25) is 0 Å². The van der Waals surface area contributed by atoms with Crippen LogP contribution in [0.1, 0.15) is 31.2 Å². The third-order valence-electron chi connectivity index (χ3n) is 4.72. The average Bonchev–Trinajstić information content (AvgIpc) is 2.95. The molecular weight excluding hydrogens is 267 g/mol. The minimum atomic E-state index is -0.172. The molecule has 0 saturated carbocycles. The second-order valence-corrected chi connectivity index (χ2v) is 6.36. The van der Waals surface area contributed by atoms with Crippen molar-refractivity contribution < 1.29 is 9.13 Å². The molecule has 0 amide bonds. The molecule has 116 valence electrons. The Morgan fingerprint density at radius 3 is 3.00 bits per heavy atom. The summed E-state index contributed by atoms with van der Waals surface area (Å²) in [6.07, 6.45) is 2.91. The van der Waals surface area contributed by atoms with Crippen molar-refractivity contribution >= 4 is 0 Å². The fraction of sp³-hybridized carbons (Fsp3) is 0.647. The summed E-state index contributed by atoms with van der Waals surface area (Å²) in [5, 5.41) is 3.50. The molecule has 1 aromatic rings. The van der Waals surface area contributed by atoms with Crippen LogP contribution in [-0.4, -0.2) is 49.8 Å². The van der Waals surface area contributed by atoms with Crippen molar-refractivity contribution in [1.82, 2.24) is 10.2 Å². The Hall–Kier alpha value is -0.970. The van der Waals surface area contributed by atoms with E-state index in [0.29, 0.717) is 18.1 Å². The van der Waals surface area contributed by atoms with Gasteiger partial charge in [-0.15, -0.1) is 0 Å². The quantitative estimate of drug-likeness (QED) is 0.902. The molecule has 0 spiro atoms. The Labute approximate surface area is 126 Å². The minimum absolute atomic E-state index is 0.172. The van der Waals surface area contributed by atoms with Gasteiger partial charge in [-0.1, -0.05) is 19.1 Å². The molecule has 0 aliphatic carbocycles. The molecule has 4 heteroatoms. The van der Waals surface area contributed by atoms with Crippen LogP contribution in [-0.2, 0) is 4.74 Å². The zero-order chi connectivity index (χ0) is 14.7. The van der Waals surface area contributed by atoms with E-state index in [9.17, 15) is 4.39 Å². The van der Waals surface area contributed by atoms with Gasteiger partial charge in [0.25, 0.3) is 0 Å². The van der Waals surface area contributed by atoms with E-state index in [1.165, 1.54) is 37.1 Å². The number of hydrogen-bond acceptors (Lipinski definition) is 3. The Bertz CT molecular complexity index is 451. The minimum Gasteiger partial charge on any atom is -0.374 e. The predicted octanol–water partition coefficient (Wildman–Crippen LogP) is 2.38. The zero-order valence-electron chi connectivity index (χ0n) is 12.7. The van der Waals surface area contributed by atoms with Crippen LogP contribution in [0.5, 0.6) is 0 Å². The molecule has 2 fully saturated rings. The van der Waals surface area contributed by atoms with E-state index in [4.69, 9.17) is 4.74 Å². The molecule has 0 bridgehead atoms. The number of halogens is 1. The number of morpholine rings is 1. The standard InChI is InChI=1S/C17H25FN2O/c1-13(14-4-6-15(18)7-5-14)9-19-10-17-11-20-8-2-3-16(20)12-21-17/h4-7,13,16-17,19H,2-3,8-12H2,1H3/t13-,16+,17+/m1/s1. The lowest BCUT2D eigenvalue weighted by molar-refractivity contribution is -0.0469. The molecule has 2 saturated heterocycles. The summed E-state index contributed by atoms with van der Waals surface area (Å²) in [4.78, 5) is 2.57. The summed E-state index contributed by atoms with van der Waals surface area (Å²) in [7, 11) is 0. The van der Waals surface area contributed by atoms with E-state index in [-0.39, 0.29) is 5.82 Å². The summed E-state index contributed by atoms with van der Waals surface area (Å²) >= 11 is 0. The number of benzene rings is 1. The Morgan fingerprint density at radius 1 is 1.38 bits per heavy atom. The molecule has 21 heavy (non-hydrogen) atoms. The van der Waals surface area contributed by atoms with Crippen LogP contribution >= 0.6 is 0 Å². The van der Waals surface area contributed by atoms with Crippen LogP contribution in [0.15, 0.2) is 24.3 Å². The van der Waals surface area contributed by atoms with Gasteiger partial charge in [-0.3, -0.25) is 4.90 Å². The number of rotatable bonds is 5. The molecule has 2 aliphatic heterocycles. The molecule has 1 N–H and O–H groups in total. The summed E-state index contributed by atoms with van der Waals surface area (Å²) < 4.78 is 18.9. The van der Waals surface area contributed by atoms with Gasteiger partial charge in [0.15, 0.2) is 0 Å². The molecule has 2 aliphatic rings. The van der Waals surface area contributed by atoms with Crippen LogP contribution < -0.4 is 5.32 Å². The fourth-order valence-corrected chi connectivity index (χ4v) is 3.38. The van der Waals surface area contributed by atoms with Crippen molar-refractivity contribution in [2.45, 2.75) is 37.8 Å². The van der Waals surface area contributed by atoms with Crippen molar-refractivity contribution in [2.24, 2.45) is 0 Å². The Morgan fingerprint density at radius 2 is 2.19 bits per heavy atom. The maximum absolute atomic E-state index is 12.9. The van der Waals surface area contributed by atoms with E-state index in [2.05, 4.69) is 17.1 Å². The summed E-state index contributed by atoms with van der Waals surface area (Å²) in [6.45, 7) is 7.14. The third-order valence-corrected chi connectivity index (χ3v) is 4.72. The highest BCUT2D eigenvalue weighted by molar-refractivity contribution is 5.20. The largest absolute Gasteiger partial charge is 0.374 e. The lowest BCUT2D eigenvalue weighted by Crippen LogP contribution is -2.49. The number of fused-ring (bicyclic) bond motifs is 1. The lowest BCUT2D eigenvalue weighted by atomic mass is 10.0. The van der Waals surface area contributed by atoms with Crippen molar-refractivity contribution in [3.8, 4) is 0 Å². The molecule has 0 unspecified atom stereocenters. The summed E-state index contributed by atoms with van der Waals surface area (Å²) in [5.74, 6) is 0.211. The molecule has 1 aromatic carbocycles. The van der Waals surface area contributed by atoms with Gasteiger partial charge < -0.3 is 10.1 Å². The highest BCUT2D eigenvalue weighted by Gasteiger charge is 2.31. The molecule has 3 atom stereocenters. The number of hydrogen-bond donors (Lipinski definition) is 1. The summed E-state index contributed by atoms with van der Waals surface area (Å²) in [5.41, 5.74) is 1.17. The van der Waals surface area contributed by atoms with Crippen molar-refractivity contribution in [3.05, 3.63) is 35.6 Å². The number of ether oxygens (including phenoxy) is 1. The van der Waals surface area contributed by atoms with Gasteiger partial charge >= 0.3 is 0 Å². The monoisotopic (exact) mass is 292 g/mol. The van der Waals surface area contributed by atoms with Crippen LogP contribution in [0.4, 0.5) is 4.39 Å². The molecule has 3 rings (SSSR count).